The first-order valence-electron chi connectivity index (χ1n) is 9.13. The van der Waals surface area contributed by atoms with Gasteiger partial charge in [-0.25, -0.2) is 0 Å². The number of hydrogen-bond acceptors (Lipinski definition) is 7. The van der Waals surface area contributed by atoms with E-state index < -0.39 is 0 Å². The van der Waals surface area contributed by atoms with Crippen molar-refractivity contribution in [3.8, 4) is 28.7 Å². The van der Waals surface area contributed by atoms with Crippen LogP contribution in [0.25, 0.3) is 11.5 Å². The largest absolute Gasteiger partial charge is 0.497 e. The molecule has 1 aliphatic rings. The van der Waals surface area contributed by atoms with Gasteiger partial charge in [0, 0.05) is 36.2 Å². The number of anilines is 1. The fourth-order valence-electron chi connectivity index (χ4n) is 3.40. The molecule has 2 aromatic carbocycles. The van der Waals surface area contributed by atoms with Crippen LogP contribution in [0.1, 0.15) is 18.2 Å². The first kappa shape index (κ1) is 18.8. The van der Waals surface area contributed by atoms with Crippen molar-refractivity contribution in [3.63, 3.8) is 0 Å². The van der Waals surface area contributed by atoms with E-state index in [-0.39, 0.29) is 11.8 Å². The van der Waals surface area contributed by atoms with Gasteiger partial charge in [0.15, 0.2) is 17.3 Å². The highest BCUT2D eigenvalue weighted by Gasteiger charge is 2.35. The van der Waals surface area contributed by atoms with Crippen LogP contribution in [-0.2, 0) is 4.79 Å². The van der Waals surface area contributed by atoms with Gasteiger partial charge in [-0.1, -0.05) is 11.2 Å². The maximum absolute atomic E-state index is 12.6. The molecule has 1 amide bonds. The summed E-state index contributed by atoms with van der Waals surface area (Å²) in [6.07, 6.45) is 0.311. The van der Waals surface area contributed by atoms with E-state index in [0.717, 1.165) is 11.3 Å². The van der Waals surface area contributed by atoms with Crippen LogP contribution in [0.15, 0.2) is 47.0 Å². The molecule has 3 aromatic rings. The summed E-state index contributed by atoms with van der Waals surface area (Å²) < 4.78 is 21.3. The van der Waals surface area contributed by atoms with E-state index in [9.17, 15) is 4.79 Å². The lowest BCUT2D eigenvalue weighted by Crippen LogP contribution is -2.24. The molecule has 29 heavy (non-hydrogen) atoms. The molecule has 0 bridgehead atoms. The topological polar surface area (TPSA) is 86.9 Å². The lowest BCUT2D eigenvalue weighted by Gasteiger charge is -2.18. The second-order valence-electron chi connectivity index (χ2n) is 6.63. The lowest BCUT2D eigenvalue weighted by molar-refractivity contribution is -0.117. The maximum atomic E-state index is 12.6. The predicted octanol–water partition coefficient (Wildman–Crippen LogP) is 3.28. The standard InChI is InChI=1S/C21H21N3O5/c1-26-16-6-4-5-13(9-16)21-22-20(23-29-21)14-10-19(25)24(12-14)15-7-8-17(27-2)18(11-15)28-3/h4-9,11,14H,10,12H2,1-3H3. The number of carbonyl (C=O) groups excluding carboxylic acids is 1. The van der Waals surface area contributed by atoms with Crippen LogP contribution >= 0.6 is 0 Å². The van der Waals surface area contributed by atoms with Gasteiger partial charge in [-0.05, 0) is 30.3 Å². The minimum absolute atomic E-state index is 0.00468. The number of amides is 1. The van der Waals surface area contributed by atoms with Crippen LogP contribution in [0.4, 0.5) is 5.69 Å². The number of carbonyl (C=O) groups is 1. The third kappa shape index (κ3) is 3.61. The summed E-state index contributed by atoms with van der Waals surface area (Å²) in [5.74, 6) is 2.64. The molecular formula is C21H21N3O5. The van der Waals surface area contributed by atoms with Crippen molar-refractivity contribution in [1.82, 2.24) is 10.1 Å². The zero-order chi connectivity index (χ0) is 20.4. The summed E-state index contributed by atoms with van der Waals surface area (Å²) >= 11 is 0. The molecule has 4 rings (SSSR count). The summed E-state index contributed by atoms with van der Waals surface area (Å²) in [5, 5.41) is 4.10. The van der Waals surface area contributed by atoms with E-state index in [0.29, 0.717) is 41.9 Å². The molecule has 0 aliphatic carbocycles. The minimum atomic E-state index is -0.154. The number of rotatable bonds is 6. The summed E-state index contributed by atoms with van der Waals surface area (Å²) in [6, 6.07) is 12.8. The maximum Gasteiger partial charge on any atom is 0.258 e. The van der Waals surface area contributed by atoms with Crippen molar-refractivity contribution in [2.24, 2.45) is 0 Å². The van der Waals surface area contributed by atoms with E-state index in [1.54, 1.807) is 38.4 Å². The van der Waals surface area contributed by atoms with Gasteiger partial charge in [-0.3, -0.25) is 4.79 Å². The summed E-state index contributed by atoms with van der Waals surface area (Å²) in [7, 11) is 4.74. The Morgan fingerprint density at radius 2 is 1.86 bits per heavy atom. The first-order valence-corrected chi connectivity index (χ1v) is 9.13. The quantitative estimate of drug-likeness (QED) is 0.633. The molecule has 0 radical (unpaired) electrons. The van der Waals surface area contributed by atoms with Crippen LogP contribution in [0.5, 0.6) is 17.2 Å². The highest BCUT2D eigenvalue weighted by atomic mass is 16.5. The zero-order valence-corrected chi connectivity index (χ0v) is 16.4. The normalized spacial score (nSPS) is 16.2. The lowest BCUT2D eigenvalue weighted by atomic mass is 10.1. The van der Waals surface area contributed by atoms with Crippen molar-refractivity contribution < 1.29 is 23.5 Å². The number of aromatic nitrogens is 2. The van der Waals surface area contributed by atoms with Crippen LogP contribution in [0, 0.1) is 0 Å². The Bertz CT molecular complexity index is 1030. The minimum Gasteiger partial charge on any atom is -0.497 e. The van der Waals surface area contributed by atoms with Gasteiger partial charge in [0.1, 0.15) is 5.75 Å². The number of ether oxygens (including phenoxy) is 3. The van der Waals surface area contributed by atoms with Crippen LogP contribution in [0.2, 0.25) is 0 Å². The molecule has 1 aliphatic heterocycles. The Labute approximate surface area is 168 Å². The molecule has 0 saturated carbocycles. The van der Waals surface area contributed by atoms with Gasteiger partial charge in [0.05, 0.1) is 21.3 Å². The van der Waals surface area contributed by atoms with Crippen molar-refractivity contribution in [3.05, 3.63) is 48.3 Å². The fraction of sp³-hybridized carbons (Fsp3) is 0.286. The molecule has 8 nitrogen and oxygen atoms in total. The highest BCUT2D eigenvalue weighted by Crippen LogP contribution is 2.36. The Kier molecular flexibility index (Phi) is 5.07. The third-order valence-corrected chi connectivity index (χ3v) is 4.93. The van der Waals surface area contributed by atoms with Gasteiger partial charge in [0.2, 0.25) is 5.91 Å². The highest BCUT2D eigenvalue weighted by molar-refractivity contribution is 5.96. The third-order valence-electron chi connectivity index (χ3n) is 4.93. The molecule has 0 N–H and O–H groups in total. The van der Waals surface area contributed by atoms with Gasteiger partial charge in [-0.2, -0.15) is 4.98 Å². The predicted molar refractivity (Wildman–Crippen MR) is 106 cm³/mol. The van der Waals surface area contributed by atoms with Crippen molar-refractivity contribution in [1.29, 1.82) is 0 Å². The monoisotopic (exact) mass is 395 g/mol. The molecule has 1 saturated heterocycles. The molecule has 1 unspecified atom stereocenters. The van der Waals surface area contributed by atoms with E-state index in [1.807, 2.05) is 30.3 Å². The Balaban J connectivity index is 1.55. The SMILES string of the molecule is COc1cccc(-c2nc(C3CC(=O)N(c4ccc(OC)c(OC)c4)C3)no2)c1. The number of nitrogens with zero attached hydrogens (tertiary/aromatic N) is 3. The molecule has 1 fully saturated rings. The average molecular weight is 395 g/mol. The van der Waals surface area contributed by atoms with Gasteiger partial charge < -0.3 is 23.6 Å². The fourth-order valence-corrected chi connectivity index (χ4v) is 3.40. The second-order valence-corrected chi connectivity index (χ2v) is 6.63. The van der Waals surface area contributed by atoms with Gasteiger partial charge in [-0.15, -0.1) is 0 Å². The summed E-state index contributed by atoms with van der Waals surface area (Å²) in [6.45, 7) is 0.464. The van der Waals surface area contributed by atoms with Gasteiger partial charge >= 0.3 is 0 Å². The van der Waals surface area contributed by atoms with Crippen molar-refractivity contribution in [2.75, 3.05) is 32.8 Å². The number of hydrogen-bond donors (Lipinski definition) is 0. The van der Waals surface area contributed by atoms with Crippen LogP contribution in [-0.4, -0.2) is 43.9 Å². The van der Waals surface area contributed by atoms with E-state index >= 15 is 0 Å². The molecule has 2 heterocycles. The molecule has 1 atom stereocenters. The van der Waals surface area contributed by atoms with E-state index in [4.69, 9.17) is 18.7 Å². The summed E-state index contributed by atoms with van der Waals surface area (Å²) in [5.41, 5.74) is 1.51. The first-order chi connectivity index (χ1) is 14.1. The van der Waals surface area contributed by atoms with E-state index in [2.05, 4.69) is 10.1 Å². The van der Waals surface area contributed by atoms with Crippen LogP contribution in [0.3, 0.4) is 0 Å². The number of methoxy groups -OCH3 is 3. The number of benzene rings is 2. The Morgan fingerprint density at radius 1 is 1.03 bits per heavy atom. The molecule has 1 aromatic heterocycles. The molecule has 8 heteroatoms. The van der Waals surface area contributed by atoms with E-state index in [1.165, 1.54) is 0 Å². The Hall–Kier alpha value is -3.55. The summed E-state index contributed by atoms with van der Waals surface area (Å²) in [4.78, 5) is 18.8. The van der Waals surface area contributed by atoms with Crippen molar-refractivity contribution >= 4 is 11.6 Å². The molecule has 0 spiro atoms. The van der Waals surface area contributed by atoms with Crippen molar-refractivity contribution in [2.45, 2.75) is 12.3 Å². The molecule has 150 valence electrons. The average Bonchev–Trinajstić information content (AvgIpc) is 3.40. The molecular weight excluding hydrogens is 374 g/mol. The zero-order valence-electron chi connectivity index (χ0n) is 16.4. The Morgan fingerprint density at radius 3 is 2.62 bits per heavy atom. The smallest absolute Gasteiger partial charge is 0.258 e. The van der Waals surface area contributed by atoms with Crippen LogP contribution < -0.4 is 19.1 Å². The van der Waals surface area contributed by atoms with Gasteiger partial charge in [0.25, 0.3) is 5.89 Å². The second kappa shape index (κ2) is 7.83.